The van der Waals surface area contributed by atoms with Crippen molar-refractivity contribution in [1.29, 1.82) is 0 Å². The molecule has 3 saturated carbocycles. The first-order chi connectivity index (χ1) is 16.6. The molecular weight excluding hydrogens is 471 g/mol. The van der Waals surface area contributed by atoms with Crippen LogP contribution >= 0.6 is 0 Å². The smallest absolute Gasteiger partial charge is 0.377 e. The number of hydrogen-bond donors (Lipinski definition) is 2. The number of rotatable bonds is 4. The fourth-order valence-electron chi connectivity index (χ4n) is 8.12. The van der Waals surface area contributed by atoms with Crippen LogP contribution in [0.3, 0.4) is 0 Å². The monoisotopic (exact) mass is 506 g/mol. The topological polar surface area (TPSA) is 119 Å². The van der Waals surface area contributed by atoms with Gasteiger partial charge in [-0.05, 0) is 71.4 Å². The Kier molecular flexibility index (Phi) is 5.56. The number of ketones is 2. The largest absolute Gasteiger partial charge is 0.457 e. The highest BCUT2D eigenvalue weighted by Gasteiger charge is 2.81. The van der Waals surface area contributed by atoms with Crippen LogP contribution in [0.5, 0.6) is 0 Å². The van der Waals surface area contributed by atoms with E-state index in [1.54, 1.807) is 33.8 Å². The van der Waals surface area contributed by atoms with Gasteiger partial charge in [0, 0.05) is 16.7 Å². The van der Waals surface area contributed by atoms with E-state index < -0.39 is 69.8 Å². The first-order valence-electron chi connectivity index (χ1n) is 12.7. The third kappa shape index (κ3) is 3.09. The van der Waals surface area contributed by atoms with Crippen molar-refractivity contribution in [3.63, 3.8) is 0 Å². The Morgan fingerprint density at radius 3 is 2.61 bits per heavy atom. The molecule has 9 heteroatoms. The van der Waals surface area contributed by atoms with Gasteiger partial charge in [-0.15, -0.1) is 0 Å². The van der Waals surface area contributed by atoms with Crippen LogP contribution in [0.1, 0.15) is 60.3 Å². The van der Waals surface area contributed by atoms with Crippen molar-refractivity contribution in [2.75, 3.05) is 6.61 Å². The highest BCUT2D eigenvalue weighted by Crippen LogP contribution is 2.72. The lowest BCUT2D eigenvalue weighted by molar-refractivity contribution is -0.246. The van der Waals surface area contributed by atoms with Crippen LogP contribution in [-0.4, -0.2) is 69.7 Å². The van der Waals surface area contributed by atoms with Crippen LogP contribution in [0.4, 0.5) is 4.39 Å². The summed E-state index contributed by atoms with van der Waals surface area (Å²) in [5, 5.41) is 21.1. The third-order valence-electron chi connectivity index (χ3n) is 9.61. The second-order valence-corrected chi connectivity index (χ2v) is 12.1. The predicted molar refractivity (Wildman–Crippen MR) is 124 cm³/mol. The molecule has 0 spiro atoms. The molecule has 2 N–H and O–H groups in total. The average molecular weight is 507 g/mol. The van der Waals surface area contributed by atoms with Gasteiger partial charge in [-0.1, -0.05) is 18.6 Å². The maximum absolute atomic E-state index is 17.3. The van der Waals surface area contributed by atoms with E-state index in [2.05, 4.69) is 0 Å². The van der Waals surface area contributed by atoms with Crippen LogP contribution in [0.2, 0.25) is 0 Å². The Labute approximate surface area is 209 Å². The Morgan fingerprint density at radius 2 is 1.94 bits per heavy atom. The summed E-state index contributed by atoms with van der Waals surface area (Å²) >= 11 is 0. The van der Waals surface area contributed by atoms with Gasteiger partial charge in [-0.3, -0.25) is 9.59 Å². The number of aliphatic hydroxyl groups excluding tert-OH is 2. The molecule has 1 heterocycles. The molecule has 36 heavy (non-hydrogen) atoms. The van der Waals surface area contributed by atoms with Crippen molar-refractivity contribution >= 4 is 17.5 Å². The molecule has 9 atom stereocenters. The van der Waals surface area contributed by atoms with Crippen molar-refractivity contribution in [1.82, 2.24) is 0 Å². The summed E-state index contributed by atoms with van der Waals surface area (Å²) in [4.78, 5) is 38.7. The molecule has 1 aliphatic heterocycles. The van der Waals surface area contributed by atoms with Gasteiger partial charge in [0.05, 0.1) is 18.3 Å². The highest BCUT2D eigenvalue weighted by atomic mass is 19.1. The summed E-state index contributed by atoms with van der Waals surface area (Å²) in [5.74, 6) is -4.57. The zero-order valence-corrected chi connectivity index (χ0v) is 21.4. The number of fused-ring (bicyclic) bond motifs is 7. The van der Waals surface area contributed by atoms with Gasteiger partial charge in [0.1, 0.15) is 6.61 Å². The normalized spacial score (nSPS) is 47.2. The summed E-state index contributed by atoms with van der Waals surface area (Å²) < 4.78 is 34.9. The molecule has 198 valence electrons. The first kappa shape index (κ1) is 25.7. The molecule has 0 radical (unpaired) electrons. The van der Waals surface area contributed by atoms with Crippen molar-refractivity contribution < 1.29 is 43.2 Å². The Bertz CT molecular complexity index is 1080. The van der Waals surface area contributed by atoms with E-state index in [-0.39, 0.29) is 25.2 Å². The van der Waals surface area contributed by atoms with E-state index in [1.165, 1.54) is 19.1 Å². The molecule has 5 aliphatic rings. The number of ether oxygens (including phenoxy) is 3. The molecule has 4 fully saturated rings. The van der Waals surface area contributed by atoms with Crippen LogP contribution in [0, 0.1) is 22.7 Å². The molecule has 0 aromatic heterocycles. The summed E-state index contributed by atoms with van der Waals surface area (Å²) in [6, 6.07) is 0. The standard InChI is InChI=1S/C27H35FO8/c1-14(29)13-34-22(33)21(32)27-20(35-23(2,3)36-27)11-18-17-7-6-15-10-16(30)8-9-24(15,4)26(17,28)19(31)12-25(18,27)5/h8-10,14,17-20,29,31H,6-7,11-13H2,1-5H3/t14?,17-,18-,19-,20+,24-,25-,26-,27-/m0/s1. The van der Waals surface area contributed by atoms with E-state index in [0.717, 1.165) is 0 Å². The van der Waals surface area contributed by atoms with Crippen LogP contribution in [-0.2, 0) is 28.6 Å². The quantitative estimate of drug-likeness (QED) is 0.441. The van der Waals surface area contributed by atoms with E-state index >= 15 is 4.39 Å². The van der Waals surface area contributed by atoms with Crippen molar-refractivity contribution in [3.05, 3.63) is 23.8 Å². The van der Waals surface area contributed by atoms with Gasteiger partial charge in [0.2, 0.25) is 0 Å². The minimum absolute atomic E-state index is 0.138. The fraction of sp³-hybridized carbons (Fsp3) is 0.741. The number of alkyl halides is 1. The molecule has 4 aliphatic carbocycles. The Hall–Kier alpha value is -1.94. The van der Waals surface area contributed by atoms with Gasteiger partial charge in [0.25, 0.3) is 5.78 Å². The molecule has 8 nitrogen and oxygen atoms in total. The van der Waals surface area contributed by atoms with Crippen molar-refractivity contribution in [2.24, 2.45) is 22.7 Å². The maximum Gasteiger partial charge on any atom is 0.377 e. The molecule has 1 saturated heterocycles. The molecule has 1 unspecified atom stereocenters. The number of Topliss-reactive ketones (excluding diaryl/α,β-unsaturated/α-hetero) is 1. The van der Waals surface area contributed by atoms with Gasteiger partial charge in [-0.2, -0.15) is 0 Å². The zero-order chi connectivity index (χ0) is 26.5. The molecular formula is C27H35FO8. The van der Waals surface area contributed by atoms with E-state index in [4.69, 9.17) is 14.2 Å². The first-order valence-corrected chi connectivity index (χ1v) is 12.7. The lowest BCUT2D eigenvalue weighted by Gasteiger charge is -2.62. The van der Waals surface area contributed by atoms with Crippen LogP contribution < -0.4 is 0 Å². The summed E-state index contributed by atoms with van der Waals surface area (Å²) in [6.45, 7) is 7.89. The van der Waals surface area contributed by atoms with Crippen LogP contribution in [0.15, 0.2) is 23.8 Å². The van der Waals surface area contributed by atoms with E-state index in [0.29, 0.717) is 18.4 Å². The number of halogens is 1. The predicted octanol–water partition coefficient (Wildman–Crippen LogP) is 2.35. The Morgan fingerprint density at radius 1 is 1.25 bits per heavy atom. The average Bonchev–Trinajstić information content (AvgIpc) is 3.19. The number of esters is 1. The number of carbonyl (C=O) groups is 3. The van der Waals surface area contributed by atoms with Gasteiger partial charge in [-0.25, -0.2) is 9.18 Å². The molecule has 0 aromatic rings. The number of hydrogen-bond acceptors (Lipinski definition) is 8. The molecule has 0 bridgehead atoms. The van der Waals surface area contributed by atoms with Gasteiger partial charge in [0.15, 0.2) is 22.8 Å². The number of carbonyl (C=O) groups excluding carboxylic acids is 3. The fourth-order valence-corrected chi connectivity index (χ4v) is 8.12. The zero-order valence-electron chi connectivity index (χ0n) is 21.4. The maximum atomic E-state index is 17.3. The lowest BCUT2D eigenvalue weighted by atomic mass is 9.44. The van der Waals surface area contributed by atoms with Crippen molar-refractivity contribution in [3.8, 4) is 0 Å². The molecule has 5 rings (SSSR count). The molecule has 0 aromatic carbocycles. The van der Waals surface area contributed by atoms with E-state index in [1.807, 2.05) is 0 Å². The number of allylic oxidation sites excluding steroid dienone is 4. The third-order valence-corrected chi connectivity index (χ3v) is 9.61. The Balaban J connectivity index is 1.58. The second kappa shape index (κ2) is 7.79. The minimum Gasteiger partial charge on any atom is -0.457 e. The number of aliphatic hydroxyl groups is 2. The summed E-state index contributed by atoms with van der Waals surface area (Å²) in [6.07, 6.45) is 2.12. The SMILES string of the molecule is CC(O)COC(=O)C(=O)[C@@]12OC(C)(C)O[C@@H]1C[C@H]1[C@@H]3CCC4=CC(=O)C=C[C@]4(C)[C@@]3(F)[C@@H](O)C[C@@]12C. The molecule has 0 amide bonds. The minimum atomic E-state index is -2.08. The van der Waals surface area contributed by atoms with Gasteiger partial charge < -0.3 is 24.4 Å². The van der Waals surface area contributed by atoms with E-state index in [9.17, 15) is 24.6 Å². The summed E-state index contributed by atoms with van der Waals surface area (Å²) in [7, 11) is 0. The van der Waals surface area contributed by atoms with Gasteiger partial charge >= 0.3 is 5.97 Å². The highest BCUT2D eigenvalue weighted by molar-refractivity contribution is 6.37. The van der Waals surface area contributed by atoms with Crippen molar-refractivity contribution in [2.45, 2.75) is 95.7 Å². The van der Waals surface area contributed by atoms with Crippen LogP contribution in [0.25, 0.3) is 0 Å². The second-order valence-electron chi connectivity index (χ2n) is 12.1. The lowest BCUT2D eigenvalue weighted by Crippen LogP contribution is -2.70. The summed E-state index contributed by atoms with van der Waals surface area (Å²) in [5.41, 5.74) is -5.48.